The van der Waals surface area contributed by atoms with Crippen LogP contribution >= 0.6 is 11.6 Å². The minimum Gasteiger partial charge on any atom is -0.466 e. The highest BCUT2D eigenvalue weighted by Crippen LogP contribution is 2.15. The predicted molar refractivity (Wildman–Crippen MR) is 49.5 cm³/mol. The first-order chi connectivity index (χ1) is 6.63. The molecule has 1 aromatic heterocycles. The molecular formula is C9H9ClFNO2. The van der Waals surface area contributed by atoms with Crippen LogP contribution in [0.1, 0.15) is 12.5 Å². The molecule has 3 nitrogen and oxygen atoms in total. The van der Waals surface area contributed by atoms with Gasteiger partial charge in [-0.05, 0) is 18.6 Å². The number of nitrogens with zero attached hydrogens (tertiary/aromatic N) is 1. The Balaban J connectivity index is 2.75. The Morgan fingerprint density at radius 3 is 3.07 bits per heavy atom. The normalized spacial score (nSPS) is 9.93. The lowest BCUT2D eigenvalue weighted by molar-refractivity contribution is -0.142. The van der Waals surface area contributed by atoms with Gasteiger partial charge in [0.15, 0.2) is 0 Å². The summed E-state index contributed by atoms with van der Waals surface area (Å²) in [5, 5.41) is 0.263. The van der Waals surface area contributed by atoms with Crippen molar-refractivity contribution in [2.75, 3.05) is 6.61 Å². The summed E-state index contributed by atoms with van der Waals surface area (Å²) in [7, 11) is 0. The van der Waals surface area contributed by atoms with E-state index < -0.39 is 11.9 Å². The SMILES string of the molecule is CCOC(=O)Cc1cc(F)ncc1Cl. The second-order valence-electron chi connectivity index (χ2n) is 2.58. The van der Waals surface area contributed by atoms with Crippen LogP contribution in [0.5, 0.6) is 0 Å². The molecule has 5 heteroatoms. The van der Waals surface area contributed by atoms with Crippen LogP contribution in [0.15, 0.2) is 12.3 Å². The highest BCUT2D eigenvalue weighted by atomic mass is 35.5. The van der Waals surface area contributed by atoms with Crippen molar-refractivity contribution in [2.24, 2.45) is 0 Å². The summed E-state index contributed by atoms with van der Waals surface area (Å²) in [6, 6.07) is 1.12. The van der Waals surface area contributed by atoms with Crippen LogP contribution in [0.2, 0.25) is 5.02 Å². The van der Waals surface area contributed by atoms with Crippen LogP contribution in [0.25, 0.3) is 0 Å². The second-order valence-corrected chi connectivity index (χ2v) is 2.99. The molecule has 0 bridgehead atoms. The standard InChI is InChI=1S/C9H9ClFNO2/c1-2-14-9(13)4-6-3-8(11)12-5-7(6)10/h3,5H,2,4H2,1H3. The summed E-state index contributed by atoms with van der Waals surface area (Å²) in [5.74, 6) is -1.09. The molecule has 0 spiro atoms. The summed E-state index contributed by atoms with van der Waals surface area (Å²) < 4.78 is 17.4. The van der Waals surface area contributed by atoms with Crippen molar-refractivity contribution in [3.8, 4) is 0 Å². The molecular weight excluding hydrogens is 209 g/mol. The van der Waals surface area contributed by atoms with E-state index in [-0.39, 0.29) is 11.4 Å². The molecule has 0 unspecified atom stereocenters. The summed E-state index contributed by atoms with van der Waals surface area (Å²) >= 11 is 5.70. The average Bonchev–Trinajstić information content (AvgIpc) is 2.12. The molecule has 1 rings (SSSR count). The minimum atomic E-state index is -0.659. The Hall–Kier alpha value is -1.16. The molecule has 76 valence electrons. The van der Waals surface area contributed by atoms with Gasteiger partial charge in [0.05, 0.1) is 18.1 Å². The lowest BCUT2D eigenvalue weighted by Gasteiger charge is -2.03. The number of carbonyl (C=O) groups excluding carboxylic acids is 1. The van der Waals surface area contributed by atoms with E-state index in [1.165, 1.54) is 6.20 Å². The van der Waals surface area contributed by atoms with E-state index in [1.807, 2.05) is 0 Å². The van der Waals surface area contributed by atoms with Crippen LogP contribution < -0.4 is 0 Å². The van der Waals surface area contributed by atoms with Gasteiger partial charge in [-0.2, -0.15) is 4.39 Å². The molecule has 0 aromatic carbocycles. The number of carbonyl (C=O) groups is 1. The highest BCUT2D eigenvalue weighted by molar-refractivity contribution is 6.31. The Labute approximate surface area is 85.9 Å². The van der Waals surface area contributed by atoms with E-state index in [0.717, 1.165) is 6.07 Å². The van der Waals surface area contributed by atoms with Gasteiger partial charge < -0.3 is 4.74 Å². The van der Waals surface area contributed by atoms with Gasteiger partial charge in [-0.15, -0.1) is 0 Å². The van der Waals surface area contributed by atoms with Gasteiger partial charge in [0.25, 0.3) is 0 Å². The minimum absolute atomic E-state index is 0.0356. The highest BCUT2D eigenvalue weighted by Gasteiger charge is 2.09. The summed E-state index contributed by atoms with van der Waals surface area (Å²) in [6.45, 7) is 2.00. The number of esters is 1. The van der Waals surface area contributed by atoms with Gasteiger partial charge in [0, 0.05) is 6.20 Å². The first kappa shape index (κ1) is 10.9. The fraction of sp³-hybridized carbons (Fsp3) is 0.333. The van der Waals surface area contributed by atoms with Crippen LogP contribution in [-0.2, 0) is 16.0 Å². The van der Waals surface area contributed by atoms with E-state index in [2.05, 4.69) is 4.98 Å². The molecule has 0 aliphatic heterocycles. The Morgan fingerprint density at radius 2 is 2.43 bits per heavy atom. The fourth-order valence-corrected chi connectivity index (χ4v) is 1.12. The number of ether oxygens (including phenoxy) is 1. The molecule has 0 aliphatic rings. The molecule has 0 fully saturated rings. The molecule has 0 aliphatic carbocycles. The number of rotatable bonds is 3. The monoisotopic (exact) mass is 217 g/mol. The van der Waals surface area contributed by atoms with Gasteiger partial charge in [-0.3, -0.25) is 4.79 Å². The number of hydrogen-bond acceptors (Lipinski definition) is 3. The van der Waals surface area contributed by atoms with Crippen molar-refractivity contribution in [1.82, 2.24) is 4.98 Å². The van der Waals surface area contributed by atoms with E-state index in [4.69, 9.17) is 16.3 Å². The zero-order chi connectivity index (χ0) is 10.6. The van der Waals surface area contributed by atoms with Crippen LogP contribution in [0.3, 0.4) is 0 Å². The van der Waals surface area contributed by atoms with Gasteiger partial charge in [-0.1, -0.05) is 11.6 Å². The lowest BCUT2D eigenvalue weighted by Crippen LogP contribution is -2.08. The molecule has 0 saturated heterocycles. The Bertz CT molecular complexity index is 344. The van der Waals surface area contributed by atoms with Crippen molar-refractivity contribution in [1.29, 1.82) is 0 Å². The molecule has 0 saturated carbocycles. The molecule has 0 N–H and O–H groups in total. The molecule has 0 atom stereocenters. The van der Waals surface area contributed by atoms with Crippen molar-refractivity contribution >= 4 is 17.6 Å². The third-order valence-electron chi connectivity index (χ3n) is 1.54. The molecule has 1 heterocycles. The summed E-state index contributed by atoms with van der Waals surface area (Å²) in [5.41, 5.74) is 0.387. The van der Waals surface area contributed by atoms with Crippen LogP contribution in [0, 0.1) is 5.95 Å². The predicted octanol–water partition coefficient (Wildman–Crippen LogP) is 1.98. The Morgan fingerprint density at radius 1 is 1.71 bits per heavy atom. The summed E-state index contributed by atoms with van der Waals surface area (Å²) in [6.07, 6.45) is 1.14. The maximum Gasteiger partial charge on any atom is 0.310 e. The van der Waals surface area contributed by atoms with Gasteiger partial charge in [0.2, 0.25) is 5.95 Å². The van der Waals surface area contributed by atoms with Gasteiger partial charge in [-0.25, -0.2) is 4.98 Å². The van der Waals surface area contributed by atoms with Gasteiger partial charge in [0.1, 0.15) is 0 Å². The van der Waals surface area contributed by atoms with Crippen molar-refractivity contribution in [3.05, 3.63) is 28.8 Å². The maximum atomic E-state index is 12.7. The smallest absolute Gasteiger partial charge is 0.310 e. The van der Waals surface area contributed by atoms with E-state index in [1.54, 1.807) is 6.92 Å². The maximum absolute atomic E-state index is 12.7. The van der Waals surface area contributed by atoms with Crippen LogP contribution in [-0.4, -0.2) is 17.6 Å². The fourth-order valence-electron chi connectivity index (χ4n) is 0.954. The first-order valence-corrected chi connectivity index (χ1v) is 4.46. The van der Waals surface area contributed by atoms with Crippen molar-refractivity contribution in [3.63, 3.8) is 0 Å². The lowest BCUT2D eigenvalue weighted by atomic mass is 10.2. The number of pyridine rings is 1. The van der Waals surface area contributed by atoms with E-state index in [9.17, 15) is 9.18 Å². The molecule has 0 amide bonds. The molecule has 0 radical (unpaired) electrons. The summed E-state index contributed by atoms with van der Waals surface area (Å²) in [4.78, 5) is 14.4. The molecule has 14 heavy (non-hydrogen) atoms. The third-order valence-corrected chi connectivity index (χ3v) is 1.88. The largest absolute Gasteiger partial charge is 0.466 e. The number of halogens is 2. The third kappa shape index (κ3) is 2.96. The van der Waals surface area contributed by atoms with E-state index >= 15 is 0 Å². The topological polar surface area (TPSA) is 39.2 Å². The zero-order valence-corrected chi connectivity index (χ0v) is 8.34. The van der Waals surface area contributed by atoms with E-state index in [0.29, 0.717) is 12.2 Å². The molecule has 1 aromatic rings. The number of aromatic nitrogens is 1. The zero-order valence-electron chi connectivity index (χ0n) is 7.59. The second kappa shape index (κ2) is 4.91. The average molecular weight is 218 g/mol. The first-order valence-electron chi connectivity index (χ1n) is 4.09. The van der Waals surface area contributed by atoms with Crippen molar-refractivity contribution in [2.45, 2.75) is 13.3 Å². The number of hydrogen-bond donors (Lipinski definition) is 0. The van der Waals surface area contributed by atoms with Crippen LogP contribution in [0.4, 0.5) is 4.39 Å². The van der Waals surface area contributed by atoms with Gasteiger partial charge >= 0.3 is 5.97 Å². The quantitative estimate of drug-likeness (QED) is 0.574. The Kier molecular flexibility index (Phi) is 3.83. The van der Waals surface area contributed by atoms with Crippen molar-refractivity contribution < 1.29 is 13.9 Å².